The largest absolute Gasteiger partial charge is 0.481 e. The van der Waals surface area contributed by atoms with Gasteiger partial charge in [-0.1, -0.05) is 94.4 Å². The molecule has 1 aliphatic carbocycles. The molecule has 0 saturated heterocycles. The molecule has 0 aliphatic heterocycles. The number of aliphatic hydroxyl groups excluding tert-OH is 1. The van der Waals surface area contributed by atoms with Gasteiger partial charge in [-0.05, 0) is 87.6 Å². The monoisotopic (exact) mass is 499 g/mol. The average Bonchev–Trinajstić information content (AvgIpc) is 3.34. The van der Waals surface area contributed by atoms with Crippen molar-refractivity contribution in [2.24, 2.45) is 23.5 Å². The van der Waals surface area contributed by atoms with Crippen LogP contribution in [0.2, 0.25) is 0 Å². The summed E-state index contributed by atoms with van der Waals surface area (Å²) < 4.78 is 0. The van der Waals surface area contributed by atoms with E-state index >= 15 is 0 Å². The van der Waals surface area contributed by atoms with Gasteiger partial charge in [0.1, 0.15) is 0 Å². The highest BCUT2D eigenvalue weighted by molar-refractivity contribution is 5.71. The molecule has 0 unspecified atom stereocenters. The second-order valence-electron chi connectivity index (χ2n) is 11.3. The molecule has 4 N–H and O–H groups in total. The highest BCUT2D eigenvalue weighted by Gasteiger charge is 2.44. The van der Waals surface area contributed by atoms with Crippen molar-refractivity contribution in [1.82, 2.24) is 0 Å². The van der Waals surface area contributed by atoms with E-state index in [1.807, 2.05) is 0 Å². The highest BCUT2D eigenvalue weighted by atomic mass is 16.4. The summed E-state index contributed by atoms with van der Waals surface area (Å²) in [5.74, 6) is -1.50. The van der Waals surface area contributed by atoms with Gasteiger partial charge in [-0.2, -0.15) is 0 Å². The Balaban J connectivity index is 2.11. The van der Waals surface area contributed by atoms with Crippen molar-refractivity contribution in [3.8, 4) is 0 Å². The fraction of sp³-hybridized carbons (Fsp3) is 0.719. The van der Waals surface area contributed by atoms with Crippen molar-refractivity contribution in [2.45, 2.75) is 122 Å². The van der Waals surface area contributed by atoms with Gasteiger partial charge >= 0.3 is 5.97 Å². The minimum absolute atomic E-state index is 0.00186. The Morgan fingerprint density at radius 2 is 1.64 bits per heavy atom. The first kappa shape index (κ1) is 30.6. The number of allylic oxidation sites excluding steroid dienone is 2. The van der Waals surface area contributed by atoms with E-state index in [0.29, 0.717) is 6.54 Å². The number of aliphatic carboxylic acids is 1. The van der Waals surface area contributed by atoms with E-state index < -0.39 is 18.0 Å². The molecule has 1 aromatic carbocycles. The Hall–Kier alpha value is -1.65. The van der Waals surface area contributed by atoms with Gasteiger partial charge in [0.05, 0.1) is 12.0 Å². The molecule has 1 saturated carbocycles. The van der Waals surface area contributed by atoms with Gasteiger partial charge in [-0.15, -0.1) is 0 Å². The summed E-state index contributed by atoms with van der Waals surface area (Å²) in [6.45, 7) is 4.46. The molecular formula is C32H53NO3. The maximum Gasteiger partial charge on any atom is 0.309 e. The zero-order valence-corrected chi connectivity index (χ0v) is 23.0. The van der Waals surface area contributed by atoms with E-state index in [1.54, 1.807) is 6.92 Å². The van der Waals surface area contributed by atoms with Crippen LogP contribution < -0.4 is 5.73 Å². The molecule has 4 nitrogen and oxygen atoms in total. The number of carbonyl (C=O) groups is 1. The highest BCUT2D eigenvalue weighted by Crippen LogP contribution is 2.49. The molecule has 1 aliphatic rings. The van der Waals surface area contributed by atoms with E-state index in [4.69, 9.17) is 5.73 Å². The van der Waals surface area contributed by atoms with E-state index in [1.165, 1.54) is 50.5 Å². The Morgan fingerprint density at radius 1 is 1.00 bits per heavy atom. The van der Waals surface area contributed by atoms with Crippen molar-refractivity contribution < 1.29 is 15.0 Å². The van der Waals surface area contributed by atoms with Crippen LogP contribution in [-0.4, -0.2) is 28.8 Å². The molecule has 204 valence electrons. The topological polar surface area (TPSA) is 83.6 Å². The van der Waals surface area contributed by atoms with Crippen LogP contribution in [0.1, 0.15) is 116 Å². The third kappa shape index (κ3) is 9.67. The van der Waals surface area contributed by atoms with Gasteiger partial charge in [0, 0.05) is 0 Å². The third-order valence-corrected chi connectivity index (χ3v) is 8.57. The fourth-order valence-corrected chi connectivity index (χ4v) is 6.62. The Bertz CT molecular complexity index is 739. The smallest absolute Gasteiger partial charge is 0.309 e. The number of rotatable bonds is 19. The number of nitrogens with two attached hydrogens (primary N) is 1. The molecule has 0 radical (unpaired) electrons. The van der Waals surface area contributed by atoms with E-state index in [9.17, 15) is 15.0 Å². The van der Waals surface area contributed by atoms with Gasteiger partial charge in [0.25, 0.3) is 0 Å². The maximum atomic E-state index is 12.4. The van der Waals surface area contributed by atoms with Gasteiger partial charge in [0.15, 0.2) is 0 Å². The van der Waals surface area contributed by atoms with Crippen molar-refractivity contribution >= 4 is 5.97 Å². The Kier molecular flexibility index (Phi) is 14.4. The van der Waals surface area contributed by atoms with Gasteiger partial charge in [0.2, 0.25) is 0 Å². The van der Waals surface area contributed by atoms with Crippen LogP contribution in [0.5, 0.6) is 0 Å². The molecule has 1 aromatic rings. The second-order valence-corrected chi connectivity index (χ2v) is 11.3. The first-order valence-corrected chi connectivity index (χ1v) is 14.8. The quantitative estimate of drug-likeness (QED) is 0.135. The Labute approximate surface area is 220 Å². The van der Waals surface area contributed by atoms with Crippen LogP contribution in [0.25, 0.3) is 0 Å². The Morgan fingerprint density at radius 3 is 2.19 bits per heavy atom. The summed E-state index contributed by atoms with van der Waals surface area (Å²) in [6.07, 6.45) is 20.6. The summed E-state index contributed by atoms with van der Waals surface area (Å²) in [5, 5.41) is 20.8. The zero-order valence-electron chi connectivity index (χ0n) is 23.0. The third-order valence-electron chi connectivity index (χ3n) is 8.57. The first-order valence-electron chi connectivity index (χ1n) is 14.8. The van der Waals surface area contributed by atoms with Crippen LogP contribution >= 0.6 is 0 Å². The molecule has 4 atom stereocenters. The molecule has 0 amide bonds. The SMILES string of the molecule is CCCCCC/C=C\CCCC[C@H](CCN)[C@H](CC1(c2ccccc2)CCCC1)[C@H](C(=O)O)[C@H](C)O. The van der Waals surface area contributed by atoms with Crippen molar-refractivity contribution in [3.05, 3.63) is 48.0 Å². The van der Waals surface area contributed by atoms with Crippen molar-refractivity contribution in [1.29, 1.82) is 0 Å². The minimum atomic E-state index is -0.877. The van der Waals surface area contributed by atoms with Crippen molar-refractivity contribution in [2.75, 3.05) is 6.54 Å². The maximum absolute atomic E-state index is 12.4. The number of hydrogen-bond acceptors (Lipinski definition) is 3. The predicted octanol–water partition coefficient (Wildman–Crippen LogP) is 7.64. The van der Waals surface area contributed by atoms with E-state index in [0.717, 1.165) is 51.4 Å². The predicted molar refractivity (Wildman–Crippen MR) is 151 cm³/mol. The number of aliphatic hydroxyl groups is 1. The summed E-state index contributed by atoms with van der Waals surface area (Å²) in [6, 6.07) is 10.7. The summed E-state index contributed by atoms with van der Waals surface area (Å²) in [7, 11) is 0. The minimum Gasteiger partial charge on any atom is -0.481 e. The number of carboxylic acid groups (broad SMARTS) is 1. The van der Waals surface area contributed by atoms with Crippen LogP contribution in [0, 0.1) is 17.8 Å². The number of carboxylic acids is 1. The second kappa shape index (κ2) is 17.0. The molecule has 0 bridgehead atoms. The average molecular weight is 500 g/mol. The van der Waals surface area contributed by atoms with Gasteiger partial charge < -0.3 is 15.9 Å². The van der Waals surface area contributed by atoms with Crippen molar-refractivity contribution in [3.63, 3.8) is 0 Å². The first-order chi connectivity index (χ1) is 17.4. The lowest BCUT2D eigenvalue weighted by Crippen LogP contribution is -2.41. The molecule has 2 rings (SSSR count). The number of benzene rings is 1. The summed E-state index contributed by atoms with van der Waals surface area (Å²) in [4.78, 5) is 12.4. The zero-order chi connectivity index (χ0) is 26.2. The number of unbranched alkanes of at least 4 members (excludes halogenated alkanes) is 6. The van der Waals surface area contributed by atoms with E-state index in [2.05, 4.69) is 49.4 Å². The van der Waals surface area contributed by atoms with E-state index in [-0.39, 0.29) is 17.3 Å². The molecule has 4 heteroatoms. The number of hydrogen-bond donors (Lipinski definition) is 3. The van der Waals surface area contributed by atoms with Crippen LogP contribution in [0.3, 0.4) is 0 Å². The molecule has 36 heavy (non-hydrogen) atoms. The lowest BCUT2D eigenvalue weighted by molar-refractivity contribution is -0.150. The normalized spacial score (nSPS) is 18.8. The fourth-order valence-electron chi connectivity index (χ4n) is 6.62. The molecule has 1 fully saturated rings. The molecule has 0 heterocycles. The van der Waals surface area contributed by atoms with Crippen LogP contribution in [0.4, 0.5) is 0 Å². The molecular weight excluding hydrogens is 446 g/mol. The molecule has 0 spiro atoms. The van der Waals surface area contributed by atoms with Crippen LogP contribution in [-0.2, 0) is 10.2 Å². The van der Waals surface area contributed by atoms with Gasteiger partial charge in [-0.3, -0.25) is 4.79 Å². The summed E-state index contributed by atoms with van der Waals surface area (Å²) in [5.41, 5.74) is 7.40. The summed E-state index contributed by atoms with van der Waals surface area (Å²) >= 11 is 0. The molecule has 0 aromatic heterocycles. The lowest BCUT2D eigenvalue weighted by Gasteiger charge is -2.40. The van der Waals surface area contributed by atoms with Crippen LogP contribution in [0.15, 0.2) is 42.5 Å². The van der Waals surface area contributed by atoms with Gasteiger partial charge in [-0.25, -0.2) is 0 Å². The lowest BCUT2D eigenvalue weighted by atomic mass is 9.64. The standard InChI is InChI=1S/C32H53NO3/c1-3-4-5-6-7-8-9-10-11-13-18-27(21-24-33)29(30(26(2)34)31(35)36)25-32(22-16-17-23-32)28-19-14-12-15-20-28/h8-9,12,14-15,19-20,26-27,29-30,34H,3-7,10-11,13,16-18,21-25,33H2,1-2H3,(H,35,36)/b9-8-/t26-,27+,29-,30+/m0/s1.